The molecule has 2 aromatic carbocycles. The molecule has 210 valence electrons. The van der Waals surface area contributed by atoms with Gasteiger partial charge in [-0.1, -0.05) is 36.4 Å². The molecule has 40 heavy (non-hydrogen) atoms. The maximum Gasteiger partial charge on any atom is 0.278 e. The van der Waals surface area contributed by atoms with Crippen molar-refractivity contribution in [1.29, 1.82) is 0 Å². The Morgan fingerprint density at radius 3 is 2.45 bits per heavy atom. The molecule has 2 aliphatic rings. The Bertz CT molecular complexity index is 1510. The van der Waals surface area contributed by atoms with Crippen molar-refractivity contribution in [2.45, 2.75) is 51.3 Å². The number of hydrogen-bond acceptors (Lipinski definition) is 7. The van der Waals surface area contributed by atoms with Crippen LogP contribution >= 0.6 is 0 Å². The minimum absolute atomic E-state index is 0.00594. The molecule has 0 unspecified atom stereocenters. The lowest BCUT2D eigenvalue weighted by Crippen LogP contribution is -2.58. The monoisotopic (exact) mass is 554 g/mol. The number of aromatic nitrogens is 1. The first-order valence-corrected chi connectivity index (χ1v) is 12.7. The number of aliphatic hydroxyl groups excluding tert-OH is 2. The average molecular weight is 555 g/mol. The molecule has 0 saturated carbocycles. The number of hydrogen-bond donors (Lipinski definition) is 3. The number of carbonyl (C=O) groups excluding carboxylic acids is 2. The van der Waals surface area contributed by atoms with Gasteiger partial charge in [-0.25, -0.2) is 8.78 Å². The Morgan fingerprint density at radius 1 is 1.05 bits per heavy atom. The van der Waals surface area contributed by atoms with Gasteiger partial charge in [-0.05, 0) is 25.5 Å². The Balaban J connectivity index is 1.58. The number of amides is 2. The number of rotatable bonds is 6. The minimum atomic E-state index is -1.27. The van der Waals surface area contributed by atoms with E-state index < -0.39 is 58.7 Å². The minimum Gasteiger partial charge on any atom is -0.482 e. The van der Waals surface area contributed by atoms with E-state index in [1.165, 1.54) is 21.8 Å². The van der Waals surface area contributed by atoms with Gasteiger partial charge in [-0.3, -0.25) is 24.1 Å². The van der Waals surface area contributed by atoms with E-state index in [0.29, 0.717) is 11.6 Å². The van der Waals surface area contributed by atoms with Crippen molar-refractivity contribution in [3.8, 4) is 5.75 Å². The van der Waals surface area contributed by atoms with Gasteiger partial charge in [0.1, 0.15) is 42.7 Å². The molecule has 2 amide bonds. The van der Waals surface area contributed by atoms with Crippen molar-refractivity contribution in [1.82, 2.24) is 14.9 Å². The molecule has 1 aromatic heterocycles. The number of benzene rings is 2. The van der Waals surface area contributed by atoms with Crippen LogP contribution in [0.1, 0.15) is 45.8 Å². The molecule has 3 N–H and O–H groups in total. The molecule has 3 heterocycles. The molecule has 2 bridgehead atoms. The first-order chi connectivity index (χ1) is 19.1. The van der Waals surface area contributed by atoms with E-state index in [2.05, 4.69) is 5.32 Å². The van der Waals surface area contributed by atoms with E-state index in [-0.39, 0.29) is 36.8 Å². The maximum absolute atomic E-state index is 14.1. The second-order valence-corrected chi connectivity index (χ2v) is 9.91. The Morgan fingerprint density at radius 2 is 1.75 bits per heavy atom. The van der Waals surface area contributed by atoms with Crippen molar-refractivity contribution in [3.05, 3.63) is 99.0 Å². The molecule has 1 saturated heterocycles. The van der Waals surface area contributed by atoms with E-state index in [9.17, 15) is 33.4 Å². The summed E-state index contributed by atoms with van der Waals surface area (Å²) < 4.78 is 34.6. The Kier molecular flexibility index (Phi) is 7.30. The number of nitrogens with one attached hydrogen (secondary N) is 1. The summed E-state index contributed by atoms with van der Waals surface area (Å²) in [5.41, 5.74) is -0.707. The van der Waals surface area contributed by atoms with Crippen LogP contribution < -0.4 is 20.5 Å². The lowest BCUT2D eigenvalue weighted by atomic mass is 10.0. The van der Waals surface area contributed by atoms with Crippen molar-refractivity contribution in [3.63, 3.8) is 0 Å². The predicted octanol–water partition coefficient (Wildman–Crippen LogP) is 1.50. The molecule has 4 atom stereocenters. The highest BCUT2D eigenvalue weighted by Crippen LogP contribution is 2.30. The second-order valence-electron chi connectivity index (χ2n) is 9.91. The third kappa shape index (κ3) is 4.80. The molecule has 0 aliphatic carbocycles. The lowest BCUT2D eigenvalue weighted by Gasteiger charge is -2.42. The van der Waals surface area contributed by atoms with Crippen LogP contribution in [0, 0.1) is 11.6 Å². The van der Waals surface area contributed by atoms with E-state index in [1.54, 1.807) is 43.1 Å². The van der Waals surface area contributed by atoms with Crippen molar-refractivity contribution < 1.29 is 33.3 Å². The van der Waals surface area contributed by atoms with Gasteiger partial charge in [0.05, 0.1) is 12.1 Å². The standard InChI is InChI=1S/C28H28F2N4O6/c1-15-23(35)24(36)16(2)34-14-32(15)28(39)22-26(40-13-17-6-4-3-5-7-17)25(37)20(12-33(22)34)27(38)31-11-18-8-9-19(29)10-21(18)30/h3-10,12,15-16,23-24,35-36H,11,13-14H2,1-2H3,(H,31,38)/t15-,16+,23-,24+/m0/s1. The summed E-state index contributed by atoms with van der Waals surface area (Å²) >= 11 is 0. The molecule has 10 nitrogen and oxygen atoms in total. The zero-order valence-corrected chi connectivity index (χ0v) is 21.8. The molecule has 0 radical (unpaired) electrons. The quantitative estimate of drug-likeness (QED) is 0.422. The fourth-order valence-electron chi connectivity index (χ4n) is 4.93. The number of ether oxygens (including phenoxy) is 1. The molecule has 1 fully saturated rings. The SMILES string of the molecule is C[C@@H]1[C@@H](O)[C@@H](O)[C@H](C)N2CN1n1cc(C(=O)NCc3ccc(F)cc3F)c(=O)c(OCc3ccccc3)c1C2=O. The van der Waals surface area contributed by atoms with Gasteiger partial charge in [0.15, 0.2) is 11.4 Å². The van der Waals surface area contributed by atoms with Crippen LogP contribution in [0.15, 0.2) is 59.5 Å². The van der Waals surface area contributed by atoms with Crippen molar-refractivity contribution >= 4 is 11.8 Å². The van der Waals surface area contributed by atoms with E-state index in [4.69, 9.17) is 4.74 Å². The number of aliphatic hydroxyl groups is 2. The topological polar surface area (TPSA) is 124 Å². The molecular weight excluding hydrogens is 526 g/mol. The summed E-state index contributed by atoms with van der Waals surface area (Å²) in [6.45, 7) is 2.78. The highest BCUT2D eigenvalue weighted by molar-refractivity contribution is 5.99. The molecule has 0 spiro atoms. The van der Waals surface area contributed by atoms with Crippen LogP contribution in [0.2, 0.25) is 0 Å². The molecular formula is C28H28F2N4O6. The highest BCUT2D eigenvalue weighted by Gasteiger charge is 2.46. The third-order valence-corrected chi connectivity index (χ3v) is 7.41. The third-order valence-electron chi connectivity index (χ3n) is 7.41. The Labute approximate surface area is 228 Å². The number of carbonyl (C=O) groups is 2. The van der Waals surface area contributed by atoms with Crippen molar-refractivity contribution in [2.75, 3.05) is 11.7 Å². The molecule has 12 heteroatoms. The number of fused-ring (bicyclic) bond motifs is 4. The van der Waals surface area contributed by atoms with E-state index in [0.717, 1.165) is 6.07 Å². The zero-order valence-electron chi connectivity index (χ0n) is 21.8. The molecule has 2 aliphatic heterocycles. The summed E-state index contributed by atoms with van der Waals surface area (Å²) in [4.78, 5) is 41.9. The molecule has 5 rings (SSSR count). The van der Waals surface area contributed by atoms with Crippen LogP contribution in [-0.4, -0.2) is 62.6 Å². The molecule has 3 aromatic rings. The lowest BCUT2D eigenvalue weighted by molar-refractivity contribution is -0.0207. The first-order valence-electron chi connectivity index (χ1n) is 12.7. The fourth-order valence-corrected chi connectivity index (χ4v) is 4.93. The van der Waals surface area contributed by atoms with Gasteiger partial charge >= 0.3 is 0 Å². The predicted molar refractivity (Wildman–Crippen MR) is 139 cm³/mol. The van der Waals surface area contributed by atoms with Crippen LogP contribution in [0.4, 0.5) is 8.78 Å². The number of pyridine rings is 1. The summed E-state index contributed by atoms with van der Waals surface area (Å²) in [5.74, 6) is -3.51. The van der Waals surface area contributed by atoms with Crippen molar-refractivity contribution in [2.24, 2.45) is 0 Å². The zero-order chi connectivity index (χ0) is 28.7. The van der Waals surface area contributed by atoms with Gasteiger partial charge in [-0.2, -0.15) is 0 Å². The summed E-state index contributed by atoms with van der Waals surface area (Å²) in [7, 11) is 0. The van der Waals surface area contributed by atoms with Gasteiger partial charge in [0.2, 0.25) is 5.43 Å². The van der Waals surface area contributed by atoms with Crippen LogP contribution in [0.25, 0.3) is 0 Å². The van der Waals surface area contributed by atoms with E-state index >= 15 is 0 Å². The highest BCUT2D eigenvalue weighted by atomic mass is 19.1. The smallest absolute Gasteiger partial charge is 0.278 e. The van der Waals surface area contributed by atoms with Gasteiger partial charge in [0, 0.05) is 24.4 Å². The summed E-state index contributed by atoms with van der Waals surface area (Å²) in [6.07, 6.45) is -1.36. The first kappa shape index (κ1) is 27.3. The summed E-state index contributed by atoms with van der Waals surface area (Å²) in [6, 6.07) is 10.3. The Hall–Kier alpha value is -4.29. The van der Waals surface area contributed by atoms with Crippen LogP contribution in [0.3, 0.4) is 0 Å². The van der Waals surface area contributed by atoms with E-state index in [1.807, 2.05) is 6.07 Å². The average Bonchev–Trinajstić information content (AvgIpc) is 3.01. The normalized spacial score (nSPS) is 22.0. The summed E-state index contributed by atoms with van der Waals surface area (Å²) in [5, 5.41) is 25.5. The van der Waals surface area contributed by atoms with Crippen LogP contribution in [0.5, 0.6) is 5.75 Å². The largest absolute Gasteiger partial charge is 0.482 e. The van der Waals surface area contributed by atoms with Gasteiger partial charge in [0.25, 0.3) is 11.8 Å². The van der Waals surface area contributed by atoms with Crippen LogP contribution in [-0.2, 0) is 13.2 Å². The fraction of sp³-hybridized carbons (Fsp3) is 0.321. The number of nitrogens with zero attached hydrogens (tertiary/aromatic N) is 3. The number of halogens is 2. The van der Waals surface area contributed by atoms with Gasteiger partial charge in [-0.15, -0.1) is 0 Å². The van der Waals surface area contributed by atoms with Gasteiger partial charge < -0.3 is 25.2 Å². The second kappa shape index (κ2) is 10.7. The maximum atomic E-state index is 14.1.